The molecule has 0 saturated carbocycles. The van der Waals surface area contributed by atoms with E-state index in [4.69, 9.17) is 0 Å². The molecule has 28 heavy (non-hydrogen) atoms. The SMILES string of the molecule is C1=CCCCCCCCCCCCCCCCCCCCCCCCCC=C1. The van der Waals surface area contributed by atoms with E-state index in [-0.39, 0.29) is 0 Å². The predicted octanol–water partition coefficient (Wildman–Crippen LogP) is 10.5. The maximum atomic E-state index is 2.37. The Morgan fingerprint density at radius 3 is 0.607 bits per heavy atom. The summed E-state index contributed by atoms with van der Waals surface area (Å²) in [7, 11) is 0. The first kappa shape index (κ1) is 25.5. The Hall–Kier alpha value is -0.520. The lowest BCUT2D eigenvalue weighted by atomic mass is 10.0. The molecular weight excluding hydrogens is 336 g/mol. The molecule has 0 unspecified atom stereocenters. The first-order chi connectivity index (χ1) is 14.0. The van der Waals surface area contributed by atoms with Gasteiger partial charge < -0.3 is 0 Å². The minimum Gasteiger partial charge on any atom is -0.0845 e. The van der Waals surface area contributed by atoms with Gasteiger partial charge in [0.25, 0.3) is 0 Å². The van der Waals surface area contributed by atoms with Gasteiger partial charge in [0, 0.05) is 0 Å². The summed E-state index contributed by atoms with van der Waals surface area (Å²) in [6, 6.07) is 0. The highest BCUT2D eigenvalue weighted by Crippen LogP contribution is 2.15. The van der Waals surface area contributed by atoms with E-state index in [2.05, 4.69) is 24.3 Å². The molecule has 1 aliphatic rings. The zero-order valence-electron chi connectivity index (χ0n) is 19.3. The number of hydrogen-bond acceptors (Lipinski definition) is 0. The van der Waals surface area contributed by atoms with E-state index >= 15 is 0 Å². The summed E-state index contributed by atoms with van der Waals surface area (Å²) in [5, 5.41) is 0. The zero-order chi connectivity index (χ0) is 19.8. The topological polar surface area (TPSA) is 0 Å². The monoisotopic (exact) mass is 388 g/mol. The largest absolute Gasteiger partial charge is 0.0845 e. The summed E-state index contributed by atoms with van der Waals surface area (Å²) in [6.07, 6.45) is 44.0. The van der Waals surface area contributed by atoms with Crippen LogP contribution in [0.2, 0.25) is 0 Å². The van der Waals surface area contributed by atoms with Crippen molar-refractivity contribution in [2.75, 3.05) is 0 Å². The van der Waals surface area contributed by atoms with Gasteiger partial charge in [0.05, 0.1) is 0 Å². The van der Waals surface area contributed by atoms with Crippen LogP contribution in [0.25, 0.3) is 0 Å². The third-order valence-corrected chi connectivity index (χ3v) is 6.37. The summed E-state index contributed by atoms with van der Waals surface area (Å²) in [4.78, 5) is 0. The van der Waals surface area contributed by atoms with Crippen molar-refractivity contribution in [1.82, 2.24) is 0 Å². The van der Waals surface area contributed by atoms with E-state index in [0.29, 0.717) is 0 Å². The quantitative estimate of drug-likeness (QED) is 0.387. The number of allylic oxidation sites excluding steroid dienone is 4. The van der Waals surface area contributed by atoms with Crippen molar-refractivity contribution in [2.24, 2.45) is 0 Å². The van der Waals surface area contributed by atoms with Gasteiger partial charge in [-0.15, -0.1) is 0 Å². The molecule has 1 rings (SSSR count). The van der Waals surface area contributed by atoms with E-state index in [0.717, 1.165) is 0 Å². The van der Waals surface area contributed by atoms with Crippen molar-refractivity contribution >= 4 is 0 Å². The molecule has 1 aliphatic carbocycles. The Kier molecular flexibility index (Phi) is 20.7. The Balaban J connectivity index is 2.08. The lowest BCUT2D eigenvalue weighted by Gasteiger charge is -2.04. The van der Waals surface area contributed by atoms with E-state index in [1.165, 1.54) is 154 Å². The van der Waals surface area contributed by atoms with Crippen LogP contribution in [0.15, 0.2) is 24.3 Å². The van der Waals surface area contributed by atoms with Crippen LogP contribution in [0.5, 0.6) is 0 Å². The van der Waals surface area contributed by atoms with Crippen LogP contribution in [0.4, 0.5) is 0 Å². The summed E-state index contributed by atoms with van der Waals surface area (Å²) < 4.78 is 0. The molecule has 0 fully saturated rings. The Labute approximate surface area is 178 Å². The third kappa shape index (κ3) is 20.2. The van der Waals surface area contributed by atoms with Crippen molar-refractivity contribution in [1.29, 1.82) is 0 Å². The second-order valence-electron chi connectivity index (χ2n) is 9.21. The summed E-state index contributed by atoms with van der Waals surface area (Å²) in [5.74, 6) is 0. The van der Waals surface area contributed by atoms with Gasteiger partial charge in [0.2, 0.25) is 0 Å². The van der Waals surface area contributed by atoms with Crippen LogP contribution < -0.4 is 0 Å². The molecule has 0 aromatic carbocycles. The molecule has 0 aliphatic heterocycles. The molecule has 0 N–H and O–H groups in total. The highest BCUT2D eigenvalue weighted by Gasteiger charge is 1.96. The van der Waals surface area contributed by atoms with E-state index in [9.17, 15) is 0 Å². The fraction of sp³-hybridized carbons (Fsp3) is 0.857. The maximum absolute atomic E-state index is 2.37. The fourth-order valence-corrected chi connectivity index (χ4v) is 4.41. The van der Waals surface area contributed by atoms with E-state index in [1.54, 1.807) is 0 Å². The molecule has 0 aromatic rings. The molecule has 0 spiro atoms. The van der Waals surface area contributed by atoms with Gasteiger partial charge in [-0.1, -0.05) is 153 Å². The lowest BCUT2D eigenvalue weighted by molar-refractivity contribution is 0.518. The highest BCUT2D eigenvalue weighted by molar-refractivity contribution is 5.02. The van der Waals surface area contributed by atoms with Crippen molar-refractivity contribution in [3.63, 3.8) is 0 Å². The van der Waals surface area contributed by atoms with Gasteiger partial charge in [-0.2, -0.15) is 0 Å². The zero-order valence-corrected chi connectivity index (χ0v) is 19.3. The first-order valence-corrected chi connectivity index (χ1v) is 13.3. The number of rotatable bonds is 0. The van der Waals surface area contributed by atoms with E-state index in [1.807, 2.05) is 0 Å². The molecule has 0 amide bonds. The Morgan fingerprint density at radius 2 is 0.393 bits per heavy atom. The Morgan fingerprint density at radius 1 is 0.214 bits per heavy atom. The van der Waals surface area contributed by atoms with Crippen molar-refractivity contribution in [2.45, 2.75) is 154 Å². The molecule has 0 bridgehead atoms. The smallest absolute Gasteiger partial charge is 0.0348 e. The third-order valence-electron chi connectivity index (χ3n) is 6.37. The molecule has 0 saturated heterocycles. The van der Waals surface area contributed by atoms with Gasteiger partial charge >= 0.3 is 0 Å². The second kappa shape index (κ2) is 22.8. The average molecular weight is 389 g/mol. The van der Waals surface area contributed by atoms with Crippen LogP contribution in [-0.4, -0.2) is 0 Å². The lowest BCUT2D eigenvalue weighted by Crippen LogP contribution is -1.84. The van der Waals surface area contributed by atoms with Crippen LogP contribution in [0, 0.1) is 0 Å². The van der Waals surface area contributed by atoms with Crippen molar-refractivity contribution in [3.05, 3.63) is 24.3 Å². The average Bonchev–Trinajstić information content (AvgIpc) is 2.71. The van der Waals surface area contributed by atoms with Crippen LogP contribution in [0.3, 0.4) is 0 Å². The van der Waals surface area contributed by atoms with E-state index < -0.39 is 0 Å². The van der Waals surface area contributed by atoms with Gasteiger partial charge in [0.1, 0.15) is 0 Å². The molecule has 0 aromatic heterocycles. The molecule has 0 atom stereocenters. The van der Waals surface area contributed by atoms with Gasteiger partial charge in [0.15, 0.2) is 0 Å². The standard InChI is InChI=1S/C28H52/c1-2-4-6-8-10-12-14-16-18-20-22-24-26-28-27-25-23-21-19-17-15-13-11-9-7-5-3-1/h1-4H,5-28H2. The molecule has 164 valence electrons. The maximum Gasteiger partial charge on any atom is -0.0348 e. The van der Waals surface area contributed by atoms with Crippen LogP contribution in [0.1, 0.15) is 154 Å². The molecule has 0 radical (unpaired) electrons. The van der Waals surface area contributed by atoms with Crippen LogP contribution in [-0.2, 0) is 0 Å². The summed E-state index contributed by atoms with van der Waals surface area (Å²) >= 11 is 0. The Bertz CT molecular complexity index is 304. The fourth-order valence-electron chi connectivity index (χ4n) is 4.41. The van der Waals surface area contributed by atoms with Crippen molar-refractivity contribution < 1.29 is 0 Å². The second-order valence-corrected chi connectivity index (χ2v) is 9.21. The van der Waals surface area contributed by atoms with Gasteiger partial charge in [-0.25, -0.2) is 0 Å². The molecular formula is C28H52. The normalized spacial score (nSPS) is 22.9. The molecule has 0 nitrogen and oxygen atoms in total. The minimum absolute atomic E-state index is 1.27. The first-order valence-electron chi connectivity index (χ1n) is 13.3. The molecule has 0 heterocycles. The number of hydrogen-bond donors (Lipinski definition) is 0. The summed E-state index contributed by atoms with van der Waals surface area (Å²) in [6.45, 7) is 0. The van der Waals surface area contributed by atoms with Gasteiger partial charge in [-0.05, 0) is 25.7 Å². The van der Waals surface area contributed by atoms with Gasteiger partial charge in [-0.3, -0.25) is 0 Å². The minimum atomic E-state index is 1.27. The molecule has 0 heteroatoms. The van der Waals surface area contributed by atoms with Crippen molar-refractivity contribution in [3.8, 4) is 0 Å². The van der Waals surface area contributed by atoms with Crippen LogP contribution >= 0.6 is 0 Å². The highest BCUT2D eigenvalue weighted by atomic mass is 14.0. The summed E-state index contributed by atoms with van der Waals surface area (Å²) in [5.41, 5.74) is 0. The predicted molar refractivity (Wildman–Crippen MR) is 129 cm³/mol.